The number of rotatable bonds is 3. The van der Waals surface area contributed by atoms with Crippen LogP contribution >= 0.6 is 15.9 Å². The number of para-hydroxylation sites is 1. The Labute approximate surface area is 127 Å². The van der Waals surface area contributed by atoms with Crippen molar-refractivity contribution >= 4 is 27.5 Å². The molecule has 0 aliphatic carbocycles. The van der Waals surface area contributed by atoms with E-state index < -0.39 is 0 Å². The van der Waals surface area contributed by atoms with Gasteiger partial charge in [0.15, 0.2) is 0 Å². The Kier molecular flexibility index (Phi) is 4.45. The summed E-state index contributed by atoms with van der Waals surface area (Å²) >= 11 is 3.49. The minimum atomic E-state index is -0.0676. The van der Waals surface area contributed by atoms with E-state index >= 15 is 0 Å². The van der Waals surface area contributed by atoms with Gasteiger partial charge in [-0.1, -0.05) is 46.3 Å². The smallest absolute Gasteiger partial charge is 0.255 e. The quantitative estimate of drug-likeness (QED) is 0.872. The molecule has 0 fully saturated rings. The molecule has 1 amide bonds. The van der Waals surface area contributed by atoms with Gasteiger partial charge in [-0.25, -0.2) is 0 Å². The van der Waals surface area contributed by atoms with Crippen LogP contribution in [0.1, 0.15) is 21.5 Å². The van der Waals surface area contributed by atoms with E-state index in [0.717, 1.165) is 15.6 Å². The monoisotopic (exact) mass is 332 g/mol. The highest BCUT2D eigenvalue weighted by molar-refractivity contribution is 9.10. The molecule has 0 aromatic heterocycles. The molecule has 4 heteroatoms. The molecule has 0 heterocycles. The minimum Gasteiger partial charge on any atom is -0.398 e. The normalized spacial score (nSPS) is 10.3. The fourth-order valence-electron chi connectivity index (χ4n) is 2.03. The van der Waals surface area contributed by atoms with E-state index in [-0.39, 0.29) is 5.91 Å². The molecule has 2 N–H and O–H groups in total. The Bertz CT molecular complexity index is 640. The third kappa shape index (κ3) is 3.02. The van der Waals surface area contributed by atoms with E-state index in [1.807, 2.05) is 43.3 Å². The van der Waals surface area contributed by atoms with Gasteiger partial charge in [0, 0.05) is 23.8 Å². The summed E-state index contributed by atoms with van der Waals surface area (Å²) in [6.07, 6.45) is 0. The molecule has 2 aromatic carbocycles. The van der Waals surface area contributed by atoms with Crippen molar-refractivity contribution in [2.45, 2.75) is 13.5 Å². The maximum absolute atomic E-state index is 12.5. The van der Waals surface area contributed by atoms with Crippen molar-refractivity contribution in [3.8, 4) is 0 Å². The molecule has 0 aliphatic rings. The lowest BCUT2D eigenvalue weighted by Crippen LogP contribution is -2.27. The van der Waals surface area contributed by atoms with Gasteiger partial charge in [0.25, 0.3) is 5.91 Å². The van der Waals surface area contributed by atoms with Crippen LogP contribution in [0.25, 0.3) is 0 Å². The van der Waals surface area contributed by atoms with Gasteiger partial charge in [-0.2, -0.15) is 0 Å². The number of anilines is 1. The summed E-state index contributed by atoms with van der Waals surface area (Å²) in [5, 5.41) is 0. The maximum Gasteiger partial charge on any atom is 0.255 e. The molecule has 0 atom stereocenters. The highest BCUT2D eigenvalue weighted by Crippen LogP contribution is 2.21. The molecule has 0 radical (unpaired) electrons. The lowest BCUT2D eigenvalue weighted by molar-refractivity contribution is 0.0786. The number of hydrogen-bond donors (Lipinski definition) is 1. The molecule has 0 unspecified atom stereocenters. The topological polar surface area (TPSA) is 46.3 Å². The van der Waals surface area contributed by atoms with Crippen molar-refractivity contribution in [1.29, 1.82) is 0 Å². The Morgan fingerprint density at radius 1 is 1.20 bits per heavy atom. The summed E-state index contributed by atoms with van der Waals surface area (Å²) < 4.78 is 0.997. The first-order chi connectivity index (χ1) is 9.50. The summed E-state index contributed by atoms with van der Waals surface area (Å²) in [7, 11) is 1.78. The highest BCUT2D eigenvalue weighted by Gasteiger charge is 2.16. The first kappa shape index (κ1) is 14.6. The maximum atomic E-state index is 12.5. The number of aryl methyl sites for hydroxylation is 1. The van der Waals surface area contributed by atoms with E-state index in [2.05, 4.69) is 15.9 Å². The van der Waals surface area contributed by atoms with E-state index in [1.54, 1.807) is 18.0 Å². The number of nitrogens with two attached hydrogens (primary N) is 1. The van der Waals surface area contributed by atoms with E-state index in [0.29, 0.717) is 17.8 Å². The zero-order chi connectivity index (χ0) is 14.7. The third-order valence-corrected chi connectivity index (χ3v) is 4.04. The zero-order valence-electron chi connectivity index (χ0n) is 11.6. The van der Waals surface area contributed by atoms with E-state index in [1.165, 1.54) is 0 Å². The van der Waals surface area contributed by atoms with E-state index in [9.17, 15) is 4.79 Å². The van der Waals surface area contributed by atoms with Crippen LogP contribution in [0, 0.1) is 6.92 Å². The van der Waals surface area contributed by atoms with Crippen LogP contribution in [0.4, 0.5) is 5.69 Å². The SMILES string of the molecule is Cc1cccc(C(=O)N(C)Cc2ccccc2Br)c1N. The summed E-state index contributed by atoms with van der Waals surface area (Å²) in [4.78, 5) is 14.1. The Morgan fingerprint density at radius 3 is 2.60 bits per heavy atom. The van der Waals surface area contributed by atoms with E-state index in [4.69, 9.17) is 5.73 Å². The van der Waals surface area contributed by atoms with Gasteiger partial charge in [0.1, 0.15) is 0 Å². The van der Waals surface area contributed by atoms with Crippen LogP contribution in [0.3, 0.4) is 0 Å². The third-order valence-electron chi connectivity index (χ3n) is 3.27. The van der Waals surface area contributed by atoms with Gasteiger partial charge in [-0.15, -0.1) is 0 Å². The molecule has 3 nitrogen and oxygen atoms in total. The number of amides is 1. The highest BCUT2D eigenvalue weighted by atomic mass is 79.9. The van der Waals surface area contributed by atoms with Crippen molar-refractivity contribution in [3.05, 3.63) is 63.6 Å². The summed E-state index contributed by atoms with van der Waals surface area (Å²) in [5.74, 6) is -0.0676. The molecule has 0 aliphatic heterocycles. The van der Waals surface area contributed by atoms with Crippen LogP contribution in [0.5, 0.6) is 0 Å². The predicted molar refractivity (Wildman–Crippen MR) is 85.5 cm³/mol. The molecule has 0 bridgehead atoms. The van der Waals surface area contributed by atoms with Gasteiger partial charge in [0.05, 0.1) is 5.56 Å². The molecular formula is C16H17BrN2O. The predicted octanol–water partition coefficient (Wildman–Crippen LogP) is 3.61. The van der Waals surface area contributed by atoms with Crippen LogP contribution in [-0.4, -0.2) is 17.9 Å². The zero-order valence-corrected chi connectivity index (χ0v) is 13.1. The standard InChI is InChI=1S/C16H17BrN2O/c1-11-6-5-8-13(15(11)18)16(20)19(2)10-12-7-3-4-9-14(12)17/h3-9H,10,18H2,1-2H3. The van der Waals surface area contributed by atoms with Crippen LogP contribution in [0.2, 0.25) is 0 Å². The number of carbonyl (C=O) groups excluding carboxylic acids is 1. The average Bonchev–Trinajstić information content (AvgIpc) is 2.43. The molecule has 0 spiro atoms. The van der Waals surface area contributed by atoms with Crippen molar-refractivity contribution in [2.24, 2.45) is 0 Å². The van der Waals surface area contributed by atoms with Gasteiger partial charge in [-0.05, 0) is 30.2 Å². The lowest BCUT2D eigenvalue weighted by Gasteiger charge is -2.19. The Hall–Kier alpha value is -1.81. The molecular weight excluding hydrogens is 316 g/mol. The fraction of sp³-hybridized carbons (Fsp3) is 0.188. The van der Waals surface area contributed by atoms with Crippen molar-refractivity contribution < 1.29 is 4.79 Å². The number of nitrogen functional groups attached to an aromatic ring is 1. The molecule has 0 saturated carbocycles. The largest absolute Gasteiger partial charge is 0.398 e. The summed E-state index contributed by atoms with van der Waals surface area (Å²) in [6.45, 7) is 2.44. The number of benzene rings is 2. The van der Waals surface area contributed by atoms with Crippen LogP contribution in [-0.2, 0) is 6.54 Å². The number of carbonyl (C=O) groups is 1. The minimum absolute atomic E-state index is 0.0676. The van der Waals surface area contributed by atoms with Crippen molar-refractivity contribution in [2.75, 3.05) is 12.8 Å². The van der Waals surface area contributed by atoms with Crippen LogP contribution in [0.15, 0.2) is 46.9 Å². The van der Waals surface area contributed by atoms with Crippen molar-refractivity contribution in [1.82, 2.24) is 4.90 Å². The van der Waals surface area contributed by atoms with Gasteiger partial charge in [0.2, 0.25) is 0 Å². The number of nitrogens with zero attached hydrogens (tertiary/aromatic N) is 1. The first-order valence-corrected chi connectivity index (χ1v) is 7.14. The van der Waals surface area contributed by atoms with Crippen LogP contribution < -0.4 is 5.73 Å². The van der Waals surface area contributed by atoms with Gasteiger partial charge < -0.3 is 10.6 Å². The number of halogens is 1. The van der Waals surface area contributed by atoms with Gasteiger partial charge >= 0.3 is 0 Å². The molecule has 0 saturated heterocycles. The lowest BCUT2D eigenvalue weighted by atomic mass is 10.1. The molecule has 2 aromatic rings. The molecule has 20 heavy (non-hydrogen) atoms. The first-order valence-electron chi connectivity index (χ1n) is 6.34. The summed E-state index contributed by atoms with van der Waals surface area (Å²) in [5.41, 5.74) is 9.08. The molecule has 2 rings (SSSR count). The van der Waals surface area contributed by atoms with Gasteiger partial charge in [-0.3, -0.25) is 4.79 Å². The fourth-order valence-corrected chi connectivity index (χ4v) is 2.44. The Morgan fingerprint density at radius 2 is 1.90 bits per heavy atom. The average molecular weight is 333 g/mol. The second-order valence-corrected chi connectivity index (χ2v) is 5.64. The van der Waals surface area contributed by atoms with Crippen molar-refractivity contribution in [3.63, 3.8) is 0 Å². The molecule has 104 valence electrons. The number of hydrogen-bond acceptors (Lipinski definition) is 2. The second-order valence-electron chi connectivity index (χ2n) is 4.79. The second kappa shape index (κ2) is 6.09. The summed E-state index contributed by atoms with van der Waals surface area (Å²) in [6, 6.07) is 13.4. The Balaban J connectivity index is 2.21.